The van der Waals surface area contributed by atoms with Crippen LogP contribution in [0.25, 0.3) is 11.1 Å². The molecule has 3 rings (SSSR count). The molecule has 22 heavy (non-hydrogen) atoms. The molecule has 1 aliphatic rings. The fourth-order valence-electron chi connectivity index (χ4n) is 2.84. The standard InChI is InChI=1S/C18H16N2O2/c19-10-14-9-12(5-6-17(14)21)15-3-1-2-4-16(15)18(22)13-7-8-20-11-13/h1-6,9,13,20-21H,7-8,11H2. The zero-order valence-corrected chi connectivity index (χ0v) is 12.0. The average molecular weight is 292 g/mol. The van der Waals surface area contributed by atoms with Crippen LogP contribution in [0.3, 0.4) is 0 Å². The van der Waals surface area contributed by atoms with Crippen molar-refractivity contribution in [3.8, 4) is 22.9 Å². The first kappa shape index (κ1) is 14.3. The molecule has 2 N–H and O–H groups in total. The number of benzene rings is 2. The van der Waals surface area contributed by atoms with Gasteiger partial charge in [-0.1, -0.05) is 30.3 Å². The average Bonchev–Trinajstić information content (AvgIpc) is 3.09. The smallest absolute Gasteiger partial charge is 0.167 e. The predicted molar refractivity (Wildman–Crippen MR) is 83.6 cm³/mol. The monoisotopic (exact) mass is 292 g/mol. The molecule has 2 aromatic carbocycles. The van der Waals surface area contributed by atoms with Gasteiger partial charge in [0.05, 0.1) is 5.56 Å². The van der Waals surface area contributed by atoms with Gasteiger partial charge in [-0.25, -0.2) is 0 Å². The molecule has 1 aliphatic heterocycles. The van der Waals surface area contributed by atoms with Gasteiger partial charge in [-0.2, -0.15) is 5.26 Å². The van der Waals surface area contributed by atoms with Gasteiger partial charge in [-0.15, -0.1) is 0 Å². The molecule has 2 aromatic rings. The summed E-state index contributed by atoms with van der Waals surface area (Å²) in [5, 5.41) is 21.9. The highest BCUT2D eigenvalue weighted by Gasteiger charge is 2.25. The van der Waals surface area contributed by atoms with Crippen LogP contribution in [0.5, 0.6) is 5.75 Å². The Kier molecular flexibility index (Phi) is 3.90. The molecular formula is C18H16N2O2. The Balaban J connectivity index is 2.05. The van der Waals surface area contributed by atoms with E-state index in [2.05, 4.69) is 5.32 Å². The van der Waals surface area contributed by atoms with Gasteiger partial charge < -0.3 is 10.4 Å². The van der Waals surface area contributed by atoms with Crippen LogP contribution >= 0.6 is 0 Å². The Labute approximate surface area is 129 Å². The third-order valence-electron chi connectivity index (χ3n) is 4.05. The van der Waals surface area contributed by atoms with E-state index in [1.807, 2.05) is 30.3 Å². The number of nitrogens with one attached hydrogen (secondary N) is 1. The van der Waals surface area contributed by atoms with Crippen molar-refractivity contribution in [2.45, 2.75) is 6.42 Å². The first-order valence-electron chi connectivity index (χ1n) is 7.28. The minimum atomic E-state index is -0.0462. The predicted octanol–water partition coefficient (Wildman–Crippen LogP) is 2.72. The molecule has 0 amide bonds. The van der Waals surface area contributed by atoms with Gasteiger partial charge >= 0.3 is 0 Å². The number of carbonyl (C=O) groups is 1. The lowest BCUT2D eigenvalue weighted by molar-refractivity contribution is 0.0931. The third-order valence-corrected chi connectivity index (χ3v) is 4.05. The Bertz CT molecular complexity index is 756. The number of rotatable bonds is 3. The van der Waals surface area contributed by atoms with E-state index in [1.54, 1.807) is 12.1 Å². The fraction of sp³-hybridized carbons (Fsp3) is 0.222. The number of carbonyl (C=O) groups excluding carboxylic acids is 1. The largest absolute Gasteiger partial charge is 0.507 e. The quantitative estimate of drug-likeness (QED) is 0.853. The highest BCUT2D eigenvalue weighted by Crippen LogP contribution is 2.30. The summed E-state index contributed by atoms with van der Waals surface area (Å²) in [7, 11) is 0. The summed E-state index contributed by atoms with van der Waals surface area (Å²) in [5.41, 5.74) is 2.45. The van der Waals surface area contributed by atoms with Crippen LogP contribution in [-0.2, 0) is 0 Å². The van der Waals surface area contributed by atoms with Crippen molar-refractivity contribution in [1.29, 1.82) is 5.26 Å². The molecule has 0 spiro atoms. The van der Waals surface area contributed by atoms with E-state index < -0.39 is 0 Å². The number of ketones is 1. The number of aromatic hydroxyl groups is 1. The summed E-state index contributed by atoms with van der Waals surface area (Å²) < 4.78 is 0. The molecule has 1 unspecified atom stereocenters. The summed E-state index contributed by atoms with van der Waals surface area (Å²) in [6.45, 7) is 1.59. The van der Waals surface area contributed by atoms with Crippen LogP contribution in [-0.4, -0.2) is 24.0 Å². The summed E-state index contributed by atoms with van der Waals surface area (Å²) in [6.07, 6.45) is 0.853. The molecule has 1 atom stereocenters. The maximum absolute atomic E-state index is 12.7. The lowest BCUT2D eigenvalue weighted by Gasteiger charge is -2.13. The Morgan fingerprint density at radius 1 is 1.27 bits per heavy atom. The number of hydrogen-bond donors (Lipinski definition) is 2. The molecule has 4 heteroatoms. The van der Waals surface area contributed by atoms with E-state index >= 15 is 0 Å². The molecule has 1 saturated heterocycles. The van der Waals surface area contributed by atoms with E-state index in [4.69, 9.17) is 5.26 Å². The van der Waals surface area contributed by atoms with Crippen molar-refractivity contribution in [2.75, 3.05) is 13.1 Å². The van der Waals surface area contributed by atoms with Gasteiger partial charge in [0.2, 0.25) is 0 Å². The van der Waals surface area contributed by atoms with Crippen LogP contribution in [0.4, 0.5) is 0 Å². The minimum Gasteiger partial charge on any atom is -0.507 e. The summed E-state index contributed by atoms with van der Waals surface area (Å²) in [5.74, 6) is 0.0935. The van der Waals surface area contributed by atoms with Crippen LogP contribution in [0, 0.1) is 17.2 Å². The summed E-state index contributed by atoms with van der Waals surface area (Å²) in [6, 6.07) is 14.2. The van der Waals surface area contributed by atoms with Crippen LogP contribution < -0.4 is 5.32 Å². The number of phenolic OH excluding ortho intramolecular Hbond substituents is 1. The van der Waals surface area contributed by atoms with Crippen molar-refractivity contribution < 1.29 is 9.90 Å². The van der Waals surface area contributed by atoms with Crippen LogP contribution in [0.1, 0.15) is 22.3 Å². The maximum atomic E-state index is 12.7. The van der Waals surface area contributed by atoms with Crippen LogP contribution in [0.2, 0.25) is 0 Å². The van der Waals surface area contributed by atoms with E-state index in [0.29, 0.717) is 12.1 Å². The molecule has 110 valence electrons. The highest BCUT2D eigenvalue weighted by molar-refractivity contribution is 6.04. The zero-order valence-electron chi connectivity index (χ0n) is 12.0. The molecular weight excluding hydrogens is 276 g/mol. The minimum absolute atomic E-state index is 0.00806. The Hall–Kier alpha value is -2.64. The highest BCUT2D eigenvalue weighted by atomic mass is 16.3. The van der Waals surface area contributed by atoms with Crippen LogP contribution in [0.15, 0.2) is 42.5 Å². The summed E-state index contributed by atoms with van der Waals surface area (Å²) in [4.78, 5) is 12.7. The van der Waals surface area contributed by atoms with E-state index in [1.165, 1.54) is 6.07 Å². The number of nitrogens with zero attached hydrogens (tertiary/aromatic N) is 1. The van der Waals surface area contributed by atoms with Crippen molar-refractivity contribution in [2.24, 2.45) is 5.92 Å². The fourth-order valence-corrected chi connectivity index (χ4v) is 2.84. The normalized spacial score (nSPS) is 17.1. The molecule has 0 aromatic heterocycles. The molecule has 0 saturated carbocycles. The van der Waals surface area contributed by atoms with Crippen molar-refractivity contribution >= 4 is 5.78 Å². The second-order valence-electron chi connectivity index (χ2n) is 5.44. The maximum Gasteiger partial charge on any atom is 0.167 e. The number of hydrogen-bond acceptors (Lipinski definition) is 4. The SMILES string of the molecule is N#Cc1cc(-c2ccccc2C(=O)C2CCNC2)ccc1O. The van der Waals surface area contributed by atoms with E-state index in [-0.39, 0.29) is 23.0 Å². The third kappa shape index (κ3) is 2.59. The zero-order chi connectivity index (χ0) is 15.5. The number of nitriles is 1. The topological polar surface area (TPSA) is 73.1 Å². The van der Waals surface area contributed by atoms with Crippen molar-refractivity contribution in [3.05, 3.63) is 53.6 Å². The molecule has 0 radical (unpaired) electrons. The molecule has 4 nitrogen and oxygen atoms in total. The van der Waals surface area contributed by atoms with Gasteiger partial charge in [-0.3, -0.25) is 4.79 Å². The molecule has 1 fully saturated rings. The van der Waals surface area contributed by atoms with Gasteiger partial charge in [0.1, 0.15) is 11.8 Å². The van der Waals surface area contributed by atoms with Crippen molar-refractivity contribution in [1.82, 2.24) is 5.32 Å². The Morgan fingerprint density at radius 2 is 2.09 bits per heavy atom. The van der Waals surface area contributed by atoms with Gasteiger partial charge in [-0.05, 0) is 36.2 Å². The van der Waals surface area contributed by atoms with Crippen molar-refractivity contribution in [3.63, 3.8) is 0 Å². The van der Waals surface area contributed by atoms with E-state index in [0.717, 1.165) is 24.1 Å². The molecule has 0 aliphatic carbocycles. The first-order chi connectivity index (χ1) is 10.7. The first-order valence-corrected chi connectivity index (χ1v) is 7.28. The second kappa shape index (κ2) is 6.00. The lowest BCUT2D eigenvalue weighted by atomic mass is 9.90. The summed E-state index contributed by atoms with van der Waals surface area (Å²) >= 11 is 0. The molecule has 1 heterocycles. The molecule has 0 bridgehead atoms. The Morgan fingerprint density at radius 3 is 2.82 bits per heavy atom. The van der Waals surface area contributed by atoms with Gasteiger partial charge in [0, 0.05) is 18.0 Å². The van der Waals surface area contributed by atoms with E-state index in [9.17, 15) is 9.90 Å². The number of phenols is 1. The lowest BCUT2D eigenvalue weighted by Crippen LogP contribution is -2.18. The van der Waals surface area contributed by atoms with Gasteiger partial charge in [0.25, 0.3) is 0 Å². The number of Topliss-reactive ketones (excluding diaryl/α,β-unsaturated/α-hetero) is 1. The van der Waals surface area contributed by atoms with Gasteiger partial charge in [0.15, 0.2) is 5.78 Å². The second-order valence-corrected chi connectivity index (χ2v) is 5.44.